The van der Waals surface area contributed by atoms with Gasteiger partial charge in [-0.1, -0.05) is 6.42 Å². The standard InChI is InChI=1S/C16H20N2O5/c1-17-12(19)11(13(20)18(2)15(17)22)8-10-9-16(23-14(10)21)6-4-3-5-7-16/h8,19H,3-7,9H2,1-2H3/p-1. The number of hydrogen-bond donors (Lipinski definition) is 0. The minimum Gasteiger partial charge on any atom is -0.859 e. The molecule has 2 heterocycles. The van der Waals surface area contributed by atoms with Crippen molar-refractivity contribution in [1.82, 2.24) is 9.13 Å². The van der Waals surface area contributed by atoms with Crippen LogP contribution < -0.4 is 16.4 Å². The van der Waals surface area contributed by atoms with Gasteiger partial charge in [0, 0.05) is 31.7 Å². The zero-order valence-electron chi connectivity index (χ0n) is 13.3. The summed E-state index contributed by atoms with van der Waals surface area (Å²) >= 11 is 0. The first-order valence-corrected chi connectivity index (χ1v) is 7.76. The Balaban J connectivity index is 2.05. The minimum atomic E-state index is -0.692. The van der Waals surface area contributed by atoms with Crippen molar-refractivity contribution in [1.29, 1.82) is 0 Å². The number of rotatable bonds is 1. The first kappa shape index (κ1) is 15.6. The average Bonchev–Trinajstić information content (AvgIpc) is 2.83. The molecular weight excluding hydrogens is 300 g/mol. The van der Waals surface area contributed by atoms with Crippen LogP contribution in [0.4, 0.5) is 0 Å². The Morgan fingerprint density at radius 3 is 2.39 bits per heavy atom. The van der Waals surface area contributed by atoms with Crippen molar-refractivity contribution < 1.29 is 14.6 Å². The van der Waals surface area contributed by atoms with E-state index < -0.39 is 28.7 Å². The molecule has 3 rings (SSSR count). The van der Waals surface area contributed by atoms with Gasteiger partial charge < -0.3 is 14.4 Å². The SMILES string of the molecule is Cn1c([O-])c(C=C2CC3(CCCCC3)OC2=O)c(=O)n(C)c1=O. The lowest BCUT2D eigenvalue weighted by molar-refractivity contribution is -0.280. The van der Waals surface area contributed by atoms with Crippen molar-refractivity contribution >= 4 is 12.0 Å². The van der Waals surface area contributed by atoms with Gasteiger partial charge in [0.2, 0.25) is 0 Å². The predicted octanol–water partition coefficient (Wildman–Crippen LogP) is 0.191. The van der Waals surface area contributed by atoms with Crippen LogP contribution in [-0.4, -0.2) is 20.7 Å². The molecule has 23 heavy (non-hydrogen) atoms. The Morgan fingerprint density at radius 1 is 1.09 bits per heavy atom. The second-order valence-electron chi connectivity index (χ2n) is 6.40. The summed E-state index contributed by atoms with van der Waals surface area (Å²) < 4.78 is 7.28. The molecule has 2 aliphatic rings. The molecule has 0 atom stereocenters. The lowest BCUT2D eigenvalue weighted by Crippen LogP contribution is -2.39. The quantitative estimate of drug-likeness (QED) is 0.544. The van der Waals surface area contributed by atoms with E-state index >= 15 is 0 Å². The van der Waals surface area contributed by atoms with Crippen molar-refractivity contribution in [2.45, 2.75) is 44.1 Å². The third-order valence-electron chi connectivity index (χ3n) is 4.81. The number of esters is 1. The van der Waals surface area contributed by atoms with Crippen LogP contribution in [0.25, 0.3) is 6.08 Å². The maximum absolute atomic E-state index is 12.2. The number of ether oxygens (including phenoxy) is 1. The summed E-state index contributed by atoms with van der Waals surface area (Å²) in [4.78, 5) is 36.0. The molecule has 1 aromatic heterocycles. The van der Waals surface area contributed by atoms with Crippen LogP contribution in [-0.2, 0) is 23.6 Å². The summed E-state index contributed by atoms with van der Waals surface area (Å²) in [5, 5.41) is 12.2. The number of aromatic nitrogens is 2. The first-order valence-electron chi connectivity index (χ1n) is 7.76. The van der Waals surface area contributed by atoms with Gasteiger partial charge in [0.15, 0.2) is 0 Å². The van der Waals surface area contributed by atoms with Gasteiger partial charge in [0.25, 0.3) is 5.56 Å². The molecule has 1 aliphatic heterocycles. The highest BCUT2D eigenvalue weighted by Crippen LogP contribution is 2.42. The average molecular weight is 319 g/mol. The zero-order chi connectivity index (χ0) is 16.8. The summed E-state index contributed by atoms with van der Waals surface area (Å²) in [6.45, 7) is 0. The smallest absolute Gasteiger partial charge is 0.334 e. The van der Waals surface area contributed by atoms with Crippen LogP contribution in [0.15, 0.2) is 15.2 Å². The fraction of sp³-hybridized carbons (Fsp3) is 0.562. The highest BCUT2D eigenvalue weighted by molar-refractivity contribution is 5.96. The molecule has 7 heteroatoms. The van der Waals surface area contributed by atoms with E-state index in [2.05, 4.69) is 0 Å². The van der Waals surface area contributed by atoms with Gasteiger partial charge in [-0.15, -0.1) is 0 Å². The lowest BCUT2D eigenvalue weighted by Gasteiger charge is -2.31. The van der Waals surface area contributed by atoms with Crippen molar-refractivity contribution in [2.75, 3.05) is 0 Å². The van der Waals surface area contributed by atoms with Gasteiger partial charge in [-0.25, -0.2) is 9.59 Å². The third kappa shape index (κ3) is 2.50. The number of carbonyl (C=O) groups is 1. The van der Waals surface area contributed by atoms with Gasteiger partial charge in [-0.05, 0) is 37.6 Å². The predicted molar refractivity (Wildman–Crippen MR) is 80.9 cm³/mol. The molecule has 0 bridgehead atoms. The number of hydrogen-bond acceptors (Lipinski definition) is 5. The van der Waals surface area contributed by atoms with E-state index in [4.69, 9.17) is 4.74 Å². The molecule has 1 aromatic rings. The molecule has 0 aromatic carbocycles. The maximum atomic E-state index is 12.2. The van der Waals surface area contributed by atoms with E-state index in [1.54, 1.807) is 0 Å². The van der Waals surface area contributed by atoms with Crippen molar-refractivity contribution in [3.63, 3.8) is 0 Å². The van der Waals surface area contributed by atoms with Gasteiger partial charge in [0.1, 0.15) is 5.60 Å². The molecule has 1 saturated carbocycles. The molecule has 2 fully saturated rings. The summed E-state index contributed by atoms with van der Waals surface area (Å²) in [6, 6.07) is 0. The van der Waals surface area contributed by atoms with Gasteiger partial charge in [-0.3, -0.25) is 9.36 Å². The minimum absolute atomic E-state index is 0.172. The first-order chi connectivity index (χ1) is 10.8. The molecule has 1 spiro atoms. The molecule has 0 unspecified atom stereocenters. The fourth-order valence-corrected chi connectivity index (χ4v) is 3.45. The maximum Gasteiger partial charge on any atom is 0.334 e. The van der Waals surface area contributed by atoms with Crippen molar-refractivity contribution in [3.05, 3.63) is 32.0 Å². The van der Waals surface area contributed by atoms with Gasteiger partial charge in [-0.2, -0.15) is 0 Å². The second-order valence-corrected chi connectivity index (χ2v) is 6.40. The molecular formula is C16H19N2O5-. The summed E-state index contributed by atoms with van der Waals surface area (Å²) in [6.07, 6.45) is 6.48. The molecule has 1 saturated heterocycles. The summed E-state index contributed by atoms with van der Waals surface area (Å²) in [7, 11) is 2.61. The van der Waals surface area contributed by atoms with Crippen LogP contribution >= 0.6 is 0 Å². The van der Waals surface area contributed by atoms with Crippen LogP contribution in [0.1, 0.15) is 44.1 Å². The Kier molecular flexibility index (Phi) is 3.66. The van der Waals surface area contributed by atoms with Crippen LogP contribution in [0.3, 0.4) is 0 Å². The lowest BCUT2D eigenvalue weighted by atomic mass is 9.82. The molecule has 0 amide bonds. The summed E-state index contributed by atoms with van der Waals surface area (Å²) in [5.41, 5.74) is -1.69. The van der Waals surface area contributed by atoms with Crippen LogP contribution in [0.5, 0.6) is 5.88 Å². The summed E-state index contributed by atoms with van der Waals surface area (Å²) in [5.74, 6) is -1.16. The Hall–Kier alpha value is -2.31. The van der Waals surface area contributed by atoms with Crippen molar-refractivity contribution in [2.24, 2.45) is 14.1 Å². The third-order valence-corrected chi connectivity index (χ3v) is 4.81. The van der Waals surface area contributed by atoms with E-state index in [1.807, 2.05) is 0 Å². The topological polar surface area (TPSA) is 93.4 Å². The number of nitrogens with zero attached hydrogens (tertiary/aromatic N) is 2. The molecule has 124 valence electrons. The molecule has 0 N–H and O–H groups in total. The van der Waals surface area contributed by atoms with E-state index in [-0.39, 0.29) is 5.56 Å². The van der Waals surface area contributed by atoms with E-state index in [9.17, 15) is 19.5 Å². The van der Waals surface area contributed by atoms with E-state index in [0.717, 1.165) is 41.2 Å². The Bertz CT molecular complexity index is 809. The second kappa shape index (κ2) is 5.40. The molecule has 0 radical (unpaired) electrons. The molecule has 7 nitrogen and oxygen atoms in total. The fourth-order valence-electron chi connectivity index (χ4n) is 3.45. The normalized spacial score (nSPS) is 21.8. The van der Waals surface area contributed by atoms with Gasteiger partial charge in [0.05, 0.1) is 0 Å². The van der Waals surface area contributed by atoms with E-state index in [0.29, 0.717) is 12.0 Å². The Morgan fingerprint density at radius 2 is 1.74 bits per heavy atom. The Labute approximate surface area is 132 Å². The highest BCUT2D eigenvalue weighted by Gasteiger charge is 2.44. The van der Waals surface area contributed by atoms with Gasteiger partial charge >= 0.3 is 11.7 Å². The van der Waals surface area contributed by atoms with E-state index in [1.165, 1.54) is 20.2 Å². The van der Waals surface area contributed by atoms with Crippen molar-refractivity contribution in [3.8, 4) is 5.88 Å². The van der Waals surface area contributed by atoms with Crippen LogP contribution in [0, 0.1) is 0 Å². The highest BCUT2D eigenvalue weighted by atomic mass is 16.6. The monoisotopic (exact) mass is 319 g/mol. The molecule has 1 aliphatic carbocycles. The largest absolute Gasteiger partial charge is 0.859 e. The van der Waals surface area contributed by atoms with Crippen LogP contribution in [0.2, 0.25) is 0 Å². The number of carbonyl (C=O) groups excluding carboxylic acids is 1. The zero-order valence-corrected chi connectivity index (χ0v) is 13.3.